The van der Waals surface area contributed by atoms with Crippen molar-refractivity contribution in [1.82, 2.24) is 4.90 Å². The van der Waals surface area contributed by atoms with Gasteiger partial charge < -0.3 is 19.5 Å². The van der Waals surface area contributed by atoms with E-state index in [0.717, 1.165) is 11.1 Å². The fraction of sp³-hybridized carbons (Fsp3) is 0.316. The van der Waals surface area contributed by atoms with Gasteiger partial charge in [0.15, 0.2) is 11.5 Å². The summed E-state index contributed by atoms with van der Waals surface area (Å²) in [6, 6.07) is 7.47. The van der Waals surface area contributed by atoms with Gasteiger partial charge in [0.05, 0.1) is 25.8 Å². The first-order chi connectivity index (χ1) is 12.1. The molecule has 130 valence electrons. The summed E-state index contributed by atoms with van der Waals surface area (Å²) in [5.41, 5.74) is 2.09. The number of fused-ring (bicyclic) bond motifs is 4. The van der Waals surface area contributed by atoms with E-state index in [9.17, 15) is 14.3 Å². The molecule has 1 amide bonds. The zero-order valence-electron chi connectivity index (χ0n) is 14.0. The van der Waals surface area contributed by atoms with E-state index in [2.05, 4.69) is 0 Å². The van der Waals surface area contributed by atoms with Gasteiger partial charge in [-0.2, -0.15) is 0 Å². The molecule has 0 saturated heterocycles. The number of carbonyl (C=O) groups excluding carboxylic acids is 1. The van der Waals surface area contributed by atoms with Crippen molar-refractivity contribution in [2.75, 3.05) is 20.8 Å². The van der Waals surface area contributed by atoms with Crippen LogP contribution in [0, 0.1) is 5.82 Å². The Morgan fingerprint density at radius 1 is 1.16 bits per heavy atom. The Morgan fingerprint density at radius 2 is 1.88 bits per heavy atom. The molecule has 0 aromatic heterocycles. The zero-order valence-corrected chi connectivity index (χ0v) is 14.0. The number of ether oxygens (including phenoxy) is 2. The number of hydrogen-bond acceptors (Lipinski definition) is 4. The van der Waals surface area contributed by atoms with Crippen molar-refractivity contribution in [3.05, 3.63) is 58.4 Å². The molecule has 0 bridgehead atoms. The fourth-order valence-electron chi connectivity index (χ4n) is 3.87. The second-order valence-electron chi connectivity index (χ2n) is 6.25. The lowest BCUT2D eigenvalue weighted by Gasteiger charge is -2.44. The summed E-state index contributed by atoms with van der Waals surface area (Å²) >= 11 is 0. The van der Waals surface area contributed by atoms with Crippen molar-refractivity contribution in [3.8, 4) is 11.5 Å². The Kier molecular flexibility index (Phi) is 3.65. The third-order valence-electron chi connectivity index (χ3n) is 5.06. The van der Waals surface area contributed by atoms with Crippen LogP contribution in [-0.2, 0) is 6.42 Å². The van der Waals surface area contributed by atoms with E-state index in [-0.39, 0.29) is 11.5 Å². The summed E-state index contributed by atoms with van der Waals surface area (Å²) < 4.78 is 24.9. The second-order valence-corrected chi connectivity index (χ2v) is 6.25. The topological polar surface area (TPSA) is 59.0 Å². The lowest BCUT2D eigenvalue weighted by atomic mass is 9.81. The number of aliphatic hydroxyl groups is 1. The normalized spacial score (nSPS) is 21.3. The van der Waals surface area contributed by atoms with Crippen LogP contribution in [0.1, 0.15) is 39.2 Å². The van der Waals surface area contributed by atoms with Crippen molar-refractivity contribution in [1.29, 1.82) is 0 Å². The van der Waals surface area contributed by atoms with Crippen LogP contribution >= 0.6 is 0 Å². The highest BCUT2D eigenvalue weighted by molar-refractivity contribution is 5.98. The number of rotatable bonds is 2. The van der Waals surface area contributed by atoms with Gasteiger partial charge >= 0.3 is 0 Å². The van der Waals surface area contributed by atoms with Crippen molar-refractivity contribution in [3.63, 3.8) is 0 Å². The maximum atomic E-state index is 14.2. The smallest absolute Gasteiger partial charge is 0.257 e. The van der Waals surface area contributed by atoms with Crippen LogP contribution in [0.5, 0.6) is 11.5 Å². The number of hydrogen-bond donors (Lipinski definition) is 1. The molecule has 2 aliphatic heterocycles. The molecule has 1 N–H and O–H groups in total. The summed E-state index contributed by atoms with van der Waals surface area (Å²) in [6.45, 7) is 0.414. The molecule has 2 heterocycles. The average molecular weight is 343 g/mol. The van der Waals surface area contributed by atoms with Gasteiger partial charge in [-0.05, 0) is 41.3 Å². The molecule has 0 fully saturated rings. The van der Waals surface area contributed by atoms with E-state index in [1.807, 2.05) is 6.07 Å². The standard InChI is InChI=1S/C19H18FNO4/c1-24-14-8-10-6-7-21-17(12(10)9-15(14)25-2)18(22)11-4-3-5-13(20)16(11)19(21)23/h3-5,8-9,17-18,22H,6-7H2,1-2H3/t17-,18+/m1/s1. The van der Waals surface area contributed by atoms with E-state index in [1.165, 1.54) is 19.2 Å². The number of nitrogens with zero attached hydrogens (tertiary/aromatic N) is 1. The molecule has 2 aromatic rings. The van der Waals surface area contributed by atoms with E-state index < -0.39 is 18.0 Å². The van der Waals surface area contributed by atoms with Gasteiger partial charge in [-0.1, -0.05) is 12.1 Å². The Morgan fingerprint density at radius 3 is 2.60 bits per heavy atom. The maximum absolute atomic E-state index is 14.2. The fourth-order valence-corrected chi connectivity index (χ4v) is 3.87. The van der Waals surface area contributed by atoms with Gasteiger partial charge in [0.25, 0.3) is 5.91 Å². The first kappa shape index (κ1) is 15.9. The third-order valence-corrected chi connectivity index (χ3v) is 5.06. The molecule has 4 rings (SSSR count). The van der Waals surface area contributed by atoms with Crippen LogP contribution in [0.4, 0.5) is 4.39 Å². The molecule has 0 aliphatic carbocycles. The predicted molar refractivity (Wildman–Crippen MR) is 88.4 cm³/mol. The van der Waals surface area contributed by atoms with Crippen LogP contribution < -0.4 is 9.47 Å². The Bertz CT molecular complexity index is 867. The molecule has 5 nitrogen and oxygen atoms in total. The largest absolute Gasteiger partial charge is 0.493 e. The summed E-state index contributed by atoms with van der Waals surface area (Å²) in [7, 11) is 3.11. The molecule has 0 saturated carbocycles. The predicted octanol–water partition coefficient (Wildman–Crippen LogP) is 2.63. The van der Waals surface area contributed by atoms with E-state index >= 15 is 0 Å². The lowest BCUT2D eigenvalue weighted by Crippen LogP contribution is -2.46. The number of benzene rings is 2. The monoisotopic (exact) mass is 343 g/mol. The number of methoxy groups -OCH3 is 2. The minimum Gasteiger partial charge on any atom is -0.493 e. The van der Waals surface area contributed by atoms with Gasteiger partial charge in [-0.25, -0.2) is 4.39 Å². The maximum Gasteiger partial charge on any atom is 0.257 e. The first-order valence-corrected chi connectivity index (χ1v) is 8.09. The van der Waals surface area contributed by atoms with Gasteiger partial charge in [0.2, 0.25) is 0 Å². The highest BCUT2D eigenvalue weighted by Crippen LogP contribution is 2.47. The highest BCUT2D eigenvalue weighted by atomic mass is 19.1. The zero-order chi connectivity index (χ0) is 17.7. The number of halogens is 1. The summed E-state index contributed by atoms with van der Waals surface area (Å²) in [6.07, 6.45) is -0.394. The molecule has 2 aliphatic rings. The molecule has 2 atom stereocenters. The van der Waals surface area contributed by atoms with Crippen molar-refractivity contribution in [2.24, 2.45) is 0 Å². The summed E-state index contributed by atoms with van der Waals surface area (Å²) in [4.78, 5) is 14.4. The van der Waals surface area contributed by atoms with Gasteiger partial charge in [-0.3, -0.25) is 4.79 Å². The van der Waals surface area contributed by atoms with Crippen LogP contribution in [-0.4, -0.2) is 36.7 Å². The minimum absolute atomic E-state index is 0.0322. The molecular formula is C19H18FNO4. The Balaban J connectivity index is 1.89. The van der Waals surface area contributed by atoms with E-state index in [0.29, 0.717) is 30.0 Å². The van der Waals surface area contributed by atoms with Gasteiger partial charge in [-0.15, -0.1) is 0 Å². The van der Waals surface area contributed by atoms with Crippen LogP contribution in [0.15, 0.2) is 30.3 Å². The Labute approximate surface area is 144 Å². The molecule has 2 aromatic carbocycles. The van der Waals surface area contributed by atoms with Crippen molar-refractivity contribution < 1.29 is 23.8 Å². The number of carbonyl (C=O) groups is 1. The average Bonchev–Trinajstić information content (AvgIpc) is 2.63. The first-order valence-electron chi connectivity index (χ1n) is 8.09. The van der Waals surface area contributed by atoms with Crippen LogP contribution in [0.25, 0.3) is 0 Å². The van der Waals surface area contributed by atoms with E-state index in [1.54, 1.807) is 24.1 Å². The minimum atomic E-state index is -0.999. The summed E-state index contributed by atoms with van der Waals surface area (Å²) in [5, 5.41) is 10.9. The third kappa shape index (κ3) is 2.21. The lowest BCUT2D eigenvalue weighted by molar-refractivity contribution is 0.0206. The van der Waals surface area contributed by atoms with Gasteiger partial charge in [0, 0.05) is 6.54 Å². The van der Waals surface area contributed by atoms with Crippen LogP contribution in [0.3, 0.4) is 0 Å². The molecule has 0 radical (unpaired) electrons. The Hall–Kier alpha value is -2.60. The SMILES string of the molecule is COc1cc2c(cc1OC)[C@@H]1[C@@H](O)c3cccc(F)c3C(=O)N1CC2. The number of aliphatic hydroxyl groups excluding tert-OH is 1. The quantitative estimate of drug-likeness (QED) is 0.911. The molecular weight excluding hydrogens is 325 g/mol. The van der Waals surface area contributed by atoms with Crippen molar-refractivity contribution >= 4 is 5.91 Å². The molecule has 25 heavy (non-hydrogen) atoms. The van der Waals surface area contributed by atoms with E-state index in [4.69, 9.17) is 9.47 Å². The van der Waals surface area contributed by atoms with Crippen LogP contribution in [0.2, 0.25) is 0 Å². The molecule has 0 unspecified atom stereocenters. The van der Waals surface area contributed by atoms with Crippen molar-refractivity contribution in [2.45, 2.75) is 18.6 Å². The van der Waals surface area contributed by atoms with Gasteiger partial charge in [0.1, 0.15) is 11.9 Å². The number of amides is 1. The summed E-state index contributed by atoms with van der Waals surface area (Å²) in [5.74, 6) is 0.160. The highest BCUT2D eigenvalue weighted by Gasteiger charge is 2.44. The molecule has 0 spiro atoms. The second kappa shape index (κ2) is 5.74. The molecule has 6 heteroatoms.